The van der Waals surface area contributed by atoms with Crippen molar-refractivity contribution in [3.63, 3.8) is 0 Å². The number of primary amides is 1. The molecule has 1 unspecified atom stereocenters. The van der Waals surface area contributed by atoms with Crippen LogP contribution in [0.5, 0.6) is 0 Å². The molecule has 0 radical (unpaired) electrons. The van der Waals surface area contributed by atoms with Gasteiger partial charge < -0.3 is 5.73 Å². The van der Waals surface area contributed by atoms with Crippen LogP contribution in [0.2, 0.25) is 0 Å². The number of rotatable bonds is 4. The summed E-state index contributed by atoms with van der Waals surface area (Å²) in [5.74, 6) is -0.406. The van der Waals surface area contributed by atoms with E-state index in [1.807, 2.05) is 48.5 Å². The number of benzene rings is 3. The van der Waals surface area contributed by atoms with E-state index in [9.17, 15) is 4.79 Å². The number of hydrogen-bond donors (Lipinski definition) is 1. The zero-order valence-corrected chi connectivity index (χ0v) is 13.1. The van der Waals surface area contributed by atoms with Gasteiger partial charge in [0.05, 0.1) is 0 Å². The van der Waals surface area contributed by atoms with Crippen LogP contribution in [0.3, 0.4) is 0 Å². The molecule has 2 nitrogen and oxygen atoms in total. The van der Waals surface area contributed by atoms with Crippen LogP contribution < -0.4 is 5.73 Å². The maximum Gasteiger partial charge on any atom is 0.249 e. The lowest BCUT2D eigenvalue weighted by Gasteiger charge is -2.22. The smallest absolute Gasteiger partial charge is 0.249 e. The van der Waals surface area contributed by atoms with Gasteiger partial charge in [-0.25, -0.2) is 0 Å². The minimum absolute atomic E-state index is 0.0129. The van der Waals surface area contributed by atoms with E-state index in [2.05, 4.69) is 31.2 Å². The molecule has 0 heterocycles. The topological polar surface area (TPSA) is 43.1 Å². The molecule has 0 saturated heterocycles. The quantitative estimate of drug-likeness (QED) is 0.718. The van der Waals surface area contributed by atoms with E-state index in [0.29, 0.717) is 5.56 Å². The molecular weight excluding hydrogens is 282 g/mol. The molecule has 114 valence electrons. The van der Waals surface area contributed by atoms with Gasteiger partial charge in [0.15, 0.2) is 0 Å². The van der Waals surface area contributed by atoms with E-state index < -0.39 is 5.91 Å². The fraction of sp³-hybridized carbons (Fsp3) is 0.0952. The molecule has 1 atom stereocenters. The second kappa shape index (κ2) is 6.49. The Kier molecular flexibility index (Phi) is 4.24. The van der Waals surface area contributed by atoms with Crippen molar-refractivity contribution in [1.82, 2.24) is 0 Å². The molecule has 2 heteroatoms. The van der Waals surface area contributed by atoms with Gasteiger partial charge in [-0.3, -0.25) is 4.79 Å². The highest BCUT2D eigenvalue weighted by molar-refractivity contribution is 5.94. The second-order valence-corrected chi connectivity index (χ2v) is 5.65. The summed E-state index contributed by atoms with van der Waals surface area (Å²) in [5.41, 5.74) is 10.7. The van der Waals surface area contributed by atoms with Gasteiger partial charge in [-0.05, 0) is 35.2 Å². The van der Waals surface area contributed by atoms with Gasteiger partial charge in [-0.15, -0.1) is 0 Å². The molecule has 1 amide bonds. The molecule has 0 fully saturated rings. The average Bonchev–Trinajstić information content (AvgIpc) is 2.58. The molecule has 0 spiro atoms. The van der Waals surface area contributed by atoms with E-state index in [-0.39, 0.29) is 5.92 Å². The summed E-state index contributed by atoms with van der Waals surface area (Å²) in [6, 6.07) is 26.1. The highest BCUT2D eigenvalue weighted by Gasteiger charge is 2.22. The van der Waals surface area contributed by atoms with E-state index in [1.54, 1.807) is 6.07 Å². The number of amides is 1. The van der Waals surface area contributed by atoms with E-state index in [0.717, 1.165) is 11.1 Å². The molecule has 3 rings (SSSR count). The molecule has 0 aliphatic heterocycles. The van der Waals surface area contributed by atoms with Crippen molar-refractivity contribution < 1.29 is 4.79 Å². The van der Waals surface area contributed by atoms with Crippen LogP contribution in [0.25, 0.3) is 0 Å². The van der Waals surface area contributed by atoms with Gasteiger partial charge in [-0.2, -0.15) is 0 Å². The Balaban J connectivity index is 2.26. The fourth-order valence-electron chi connectivity index (χ4n) is 3.06. The predicted octanol–water partition coefficient (Wildman–Crippen LogP) is 4.27. The predicted molar refractivity (Wildman–Crippen MR) is 93.5 cm³/mol. The second-order valence-electron chi connectivity index (χ2n) is 5.65. The first-order valence-corrected chi connectivity index (χ1v) is 7.67. The van der Waals surface area contributed by atoms with Crippen LogP contribution in [0, 0.1) is 6.92 Å². The van der Waals surface area contributed by atoms with E-state index in [4.69, 9.17) is 5.73 Å². The lowest BCUT2D eigenvalue weighted by Crippen LogP contribution is -2.17. The molecule has 2 N–H and O–H groups in total. The minimum Gasteiger partial charge on any atom is -0.366 e. The number of aryl methyl sites for hydroxylation is 1. The summed E-state index contributed by atoms with van der Waals surface area (Å²) in [6.07, 6.45) is 0. The van der Waals surface area contributed by atoms with Gasteiger partial charge >= 0.3 is 0 Å². The van der Waals surface area contributed by atoms with Gasteiger partial charge in [0.25, 0.3) is 0 Å². The molecule has 0 saturated carbocycles. The Labute approximate surface area is 136 Å². The van der Waals surface area contributed by atoms with Crippen LogP contribution in [0.4, 0.5) is 0 Å². The number of hydrogen-bond acceptors (Lipinski definition) is 1. The van der Waals surface area contributed by atoms with E-state index >= 15 is 0 Å². The molecule has 0 bridgehead atoms. The van der Waals surface area contributed by atoms with Crippen LogP contribution in [0.15, 0.2) is 78.9 Å². The molecule has 0 aromatic heterocycles. The first-order chi connectivity index (χ1) is 11.2. The summed E-state index contributed by atoms with van der Waals surface area (Å²) in [5, 5.41) is 0. The largest absolute Gasteiger partial charge is 0.366 e. The van der Waals surface area contributed by atoms with Gasteiger partial charge in [-0.1, -0.05) is 72.8 Å². The van der Waals surface area contributed by atoms with E-state index in [1.165, 1.54) is 11.1 Å². The number of nitrogens with two attached hydrogens (primary N) is 1. The summed E-state index contributed by atoms with van der Waals surface area (Å²) >= 11 is 0. The van der Waals surface area contributed by atoms with Gasteiger partial charge in [0.1, 0.15) is 0 Å². The van der Waals surface area contributed by atoms with Crippen LogP contribution in [-0.4, -0.2) is 5.91 Å². The van der Waals surface area contributed by atoms with Crippen molar-refractivity contribution in [2.75, 3.05) is 0 Å². The van der Waals surface area contributed by atoms with Crippen molar-refractivity contribution in [3.8, 4) is 0 Å². The zero-order valence-electron chi connectivity index (χ0n) is 13.1. The third kappa shape index (κ3) is 3.02. The van der Waals surface area contributed by atoms with Gasteiger partial charge in [0, 0.05) is 11.5 Å². The summed E-state index contributed by atoms with van der Waals surface area (Å²) in [7, 11) is 0. The van der Waals surface area contributed by atoms with Crippen molar-refractivity contribution in [2.45, 2.75) is 12.8 Å². The Morgan fingerprint density at radius 1 is 0.783 bits per heavy atom. The highest BCUT2D eigenvalue weighted by atomic mass is 16.1. The van der Waals surface area contributed by atoms with Crippen molar-refractivity contribution in [2.24, 2.45) is 5.73 Å². The van der Waals surface area contributed by atoms with Crippen molar-refractivity contribution in [3.05, 3.63) is 107 Å². The highest BCUT2D eigenvalue weighted by Crippen LogP contribution is 2.35. The lowest BCUT2D eigenvalue weighted by molar-refractivity contribution is 0.0999. The molecule has 23 heavy (non-hydrogen) atoms. The molecule has 3 aromatic rings. The SMILES string of the molecule is Cc1ccccc1C(c1ccccc1)c1ccccc1C(N)=O. The Morgan fingerprint density at radius 3 is 2.00 bits per heavy atom. The molecule has 0 aliphatic carbocycles. The Bertz CT molecular complexity index is 824. The molecule has 0 aliphatic rings. The standard InChI is InChI=1S/C21H19NO/c1-15-9-5-6-12-17(15)20(16-10-3-2-4-11-16)18-13-7-8-14-19(18)21(22)23/h2-14,20H,1H3,(H2,22,23). The lowest BCUT2D eigenvalue weighted by atomic mass is 9.81. The fourth-order valence-corrected chi connectivity index (χ4v) is 3.06. The van der Waals surface area contributed by atoms with Crippen LogP contribution >= 0.6 is 0 Å². The van der Waals surface area contributed by atoms with Crippen LogP contribution in [-0.2, 0) is 0 Å². The number of carbonyl (C=O) groups is 1. The average molecular weight is 301 g/mol. The first-order valence-electron chi connectivity index (χ1n) is 7.67. The maximum atomic E-state index is 11.9. The first kappa shape index (κ1) is 15.0. The van der Waals surface area contributed by atoms with Crippen molar-refractivity contribution in [1.29, 1.82) is 0 Å². The maximum absolute atomic E-state index is 11.9. The van der Waals surface area contributed by atoms with Gasteiger partial charge in [0.2, 0.25) is 5.91 Å². The normalized spacial score (nSPS) is 11.9. The Morgan fingerprint density at radius 2 is 1.35 bits per heavy atom. The third-order valence-corrected chi connectivity index (χ3v) is 4.17. The molecule has 3 aromatic carbocycles. The monoisotopic (exact) mass is 301 g/mol. The zero-order chi connectivity index (χ0) is 16.2. The Hall–Kier alpha value is -2.87. The summed E-state index contributed by atoms with van der Waals surface area (Å²) in [4.78, 5) is 11.9. The van der Waals surface area contributed by atoms with Crippen molar-refractivity contribution >= 4 is 5.91 Å². The summed E-state index contributed by atoms with van der Waals surface area (Å²) in [6.45, 7) is 2.10. The van der Waals surface area contributed by atoms with Crippen LogP contribution in [0.1, 0.15) is 38.5 Å². The minimum atomic E-state index is -0.393. The molecular formula is C21H19NO. The summed E-state index contributed by atoms with van der Waals surface area (Å²) < 4.78 is 0. The number of carbonyl (C=O) groups excluding carboxylic acids is 1. The third-order valence-electron chi connectivity index (χ3n) is 4.17.